The lowest BCUT2D eigenvalue weighted by molar-refractivity contribution is -0.249. The molecule has 0 aliphatic carbocycles. The van der Waals surface area contributed by atoms with E-state index in [0.29, 0.717) is 12.2 Å². The van der Waals surface area contributed by atoms with E-state index in [1.807, 2.05) is 55.5 Å². The molecule has 4 nitrogen and oxygen atoms in total. The van der Waals surface area contributed by atoms with Gasteiger partial charge in [-0.05, 0) is 24.6 Å². The smallest absolute Gasteiger partial charge is 0.230 e. The summed E-state index contributed by atoms with van der Waals surface area (Å²) in [6.45, 7) is 1.98. The van der Waals surface area contributed by atoms with Crippen LogP contribution in [-0.2, 0) is 21.7 Å². The summed E-state index contributed by atoms with van der Waals surface area (Å²) < 4.78 is 18.1. The monoisotopic (exact) mass is 350 g/mol. The van der Waals surface area contributed by atoms with Crippen LogP contribution in [0.3, 0.4) is 0 Å². The molecule has 1 fully saturated rings. The molecule has 0 radical (unpaired) electrons. The summed E-state index contributed by atoms with van der Waals surface area (Å²) >= 11 is 0. The molecule has 0 spiro atoms. The molecular weight excluding hydrogens is 328 g/mol. The van der Waals surface area contributed by atoms with Crippen molar-refractivity contribution >= 4 is 0 Å². The Morgan fingerprint density at radius 2 is 1.62 bits per heavy atom. The summed E-state index contributed by atoms with van der Waals surface area (Å²) in [5.41, 5.74) is 1.94. The predicted octanol–water partition coefficient (Wildman–Crippen LogP) is 4.21. The molecule has 1 N–H and O–H groups in total. The normalized spacial score (nSPS) is 26.7. The zero-order valence-electron chi connectivity index (χ0n) is 14.6. The van der Waals surface area contributed by atoms with Crippen LogP contribution in [0.4, 0.5) is 0 Å². The molecule has 1 aromatic heterocycles. The molecule has 134 valence electrons. The maximum atomic E-state index is 11.1. The fraction of sp³-hybridized carbons (Fsp3) is 0.273. The molecule has 4 heteroatoms. The van der Waals surface area contributed by atoms with Gasteiger partial charge in [-0.2, -0.15) is 0 Å². The lowest BCUT2D eigenvalue weighted by Crippen LogP contribution is -2.35. The van der Waals surface area contributed by atoms with Crippen molar-refractivity contribution in [2.24, 2.45) is 0 Å². The van der Waals surface area contributed by atoms with Gasteiger partial charge in [-0.25, -0.2) is 0 Å². The third-order valence-corrected chi connectivity index (χ3v) is 4.84. The maximum absolute atomic E-state index is 11.1. The number of benzene rings is 2. The van der Waals surface area contributed by atoms with Crippen molar-refractivity contribution in [3.8, 4) is 0 Å². The van der Waals surface area contributed by atoms with Crippen LogP contribution in [0.15, 0.2) is 83.5 Å². The van der Waals surface area contributed by atoms with Crippen molar-refractivity contribution in [1.82, 2.24) is 0 Å². The zero-order valence-corrected chi connectivity index (χ0v) is 14.6. The highest BCUT2D eigenvalue weighted by Gasteiger charge is 2.53. The van der Waals surface area contributed by atoms with Gasteiger partial charge in [0.25, 0.3) is 0 Å². The summed E-state index contributed by atoms with van der Waals surface area (Å²) in [6, 6.07) is 23.2. The van der Waals surface area contributed by atoms with Crippen LogP contribution in [0, 0.1) is 0 Å². The van der Waals surface area contributed by atoms with Crippen LogP contribution < -0.4 is 0 Å². The van der Waals surface area contributed by atoms with Crippen LogP contribution in [0.2, 0.25) is 0 Å². The number of aliphatic hydroxyl groups excluding tert-OH is 1. The summed E-state index contributed by atoms with van der Waals surface area (Å²) in [5, 5.41) is 11.1. The molecule has 26 heavy (non-hydrogen) atoms. The molecule has 2 heterocycles. The molecule has 3 aromatic rings. The van der Waals surface area contributed by atoms with Gasteiger partial charge in [0.2, 0.25) is 5.79 Å². The minimum absolute atomic E-state index is 0.179. The number of aliphatic hydroxyl groups is 1. The lowest BCUT2D eigenvalue weighted by atomic mass is 9.98. The van der Waals surface area contributed by atoms with E-state index in [1.54, 1.807) is 12.1 Å². The van der Waals surface area contributed by atoms with Gasteiger partial charge in [-0.15, -0.1) is 0 Å². The third-order valence-electron chi connectivity index (χ3n) is 4.84. The van der Waals surface area contributed by atoms with Gasteiger partial charge in [0.05, 0.1) is 18.5 Å². The van der Waals surface area contributed by atoms with E-state index < -0.39 is 11.9 Å². The molecule has 2 aromatic carbocycles. The van der Waals surface area contributed by atoms with Gasteiger partial charge in [0, 0.05) is 12.0 Å². The minimum atomic E-state index is -1.29. The van der Waals surface area contributed by atoms with Gasteiger partial charge < -0.3 is 19.0 Å². The summed E-state index contributed by atoms with van der Waals surface area (Å²) in [7, 11) is 0. The molecular formula is C22H22O4. The Balaban J connectivity index is 1.68. The van der Waals surface area contributed by atoms with Crippen molar-refractivity contribution in [2.45, 2.75) is 37.4 Å². The molecule has 2 unspecified atom stereocenters. The fourth-order valence-electron chi connectivity index (χ4n) is 3.48. The van der Waals surface area contributed by atoms with E-state index in [9.17, 15) is 5.11 Å². The Bertz CT molecular complexity index is 816. The highest BCUT2D eigenvalue weighted by Crippen LogP contribution is 2.47. The van der Waals surface area contributed by atoms with Gasteiger partial charge >= 0.3 is 0 Å². The first-order valence-corrected chi connectivity index (χ1v) is 8.85. The Hall–Kier alpha value is -2.40. The Labute approximate surface area is 153 Å². The number of furan rings is 1. The van der Waals surface area contributed by atoms with Crippen LogP contribution in [0.5, 0.6) is 0 Å². The standard InChI is InChI=1S/C22H22O4/c1-16-20(15-17-9-4-2-5-10-17)26-22(25-16,18-11-6-3-7-12-18)21(23)19-13-8-14-24-19/h2-14,16,20-21,23H,15H2,1H3/t16-,20-,21?,22?/m1/s1. The molecule has 0 bridgehead atoms. The van der Waals surface area contributed by atoms with Crippen LogP contribution in [0.25, 0.3) is 0 Å². The van der Waals surface area contributed by atoms with Gasteiger partial charge in [-0.3, -0.25) is 0 Å². The van der Waals surface area contributed by atoms with Gasteiger partial charge in [0.15, 0.2) is 6.10 Å². The Morgan fingerprint density at radius 1 is 0.923 bits per heavy atom. The average Bonchev–Trinajstić information content (AvgIpc) is 3.32. The van der Waals surface area contributed by atoms with E-state index in [2.05, 4.69) is 12.1 Å². The number of ether oxygens (including phenoxy) is 2. The second-order valence-electron chi connectivity index (χ2n) is 6.62. The van der Waals surface area contributed by atoms with E-state index in [4.69, 9.17) is 13.9 Å². The molecule has 0 amide bonds. The molecule has 1 saturated heterocycles. The fourth-order valence-corrected chi connectivity index (χ4v) is 3.48. The topological polar surface area (TPSA) is 51.8 Å². The van der Waals surface area contributed by atoms with E-state index in [0.717, 1.165) is 5.56 Å². The minimum Gasteiger partial charge on any atom is -0.466 e. The molecule has 1 aliphatic heterocycles. The first kappa shape index (κ1) is 17.0. The third kappa shape index (κ3) is 3.07. The predicted molar refractivity (Wildman–Crippen MR) is 97.4 cm³/mol. The zero-order chi connectivity index (χ0) is 18.0. The largest absolute Gasteiger partial charge is 0.466 e. The van der Waals surface area contributed by atoms with E-state index in [1.165, 1.54) is 11.8 Å². The van der Waals surface area contributed by atoms with Gasteiger partial charge in [-0.1, -0.05) is 60.7 Å². The van der Waals surface area contributed by atoms with Crippen molar-refractivity contribution in [1.29, 1.82) is 0 Å². The maximum Gasteiger partial charge on any atom is 0.230 e. The van der Waals surface area contributed by atoms with Crippen molar-refractivity contribution in [3.63, 3.8) is 0 Å². The SMILES string of the molecule is C[C@H]1OC(c2ccccc2)(C(O)c2ccco2)O[C@@H]1Cc1ccccc1. The van der Waals surface area contributed by atoms with E-state index in [-0.39, 0.29) is 12.2 Å². The molecule has 4 rings (SSSR count). The highest BCUT2D eigenvalue weighted by molar-refractivity contribution is 5.26. The second-order valence-corrected chi connectivity index (χ2v) is 6.62. The Morgan fingerprint density at radius 3 is 2.27 bits per heavy atom. The first-order chi connectivity index (χ1) is 12.7. The lowest BCUT2D eigenvalue weighted by Gasteiger charge is -2.32. The summed E-state index contributed by atoms with van der Waals surface area (Å²) in [4.78, 5) is 0. The molecule has 1 aliphatic rings. The number of rotatable bonds is 5. The number of hydrogen-bond acceptors (Lipinski definition) is 4. The first-order valence-electron chi connectivity index (χ1n) is 8.85. The highest BCUT2D eigenvalue weighted by atomic mass is 16.8. The summed E-state index contributed by atoms with van der Waals surface area (Å²) in [6.07, 6.45) is 0.823. The summed E-state index contributed by atoms with van der Waals surface area (Å²) in [5.74, 6) is -0.876. The van der Waals surface area contributed by atoms with Crippen LogP contribution >= 0.6 is 0 Å². The van der Waals surface area contributed by atoms with Crippen LogP contribution in [0.1, 0.15) is 29.9 Å². The van der Waals surface area contributed by atoms with E-state index >= 15 is 0 Å². The quantitative estimate of drug-likeness (QED) is 0.749. The van der Waals surface area contributed by atoms with Gasteiger partial charge in [0.1, 0.15) is 5.76 Å². The van der Waals surface area contributed by atoms with Crippen molar-refractivity contribution < 1.29 is 19.0 Å². The van der Waals surface area contributed by atoms with Crippen molar-refractivity contribution in [3.05, 3.63) is 95.9 Å². The van der Waals surface area contributed by atoms with Crippen molar-refractivity contribution in [2.75, 3.05) is 0 Å². The van der Waals surface area contributed by atoms with Crippen LogP contribution in [-0.4, -0.2) is 17.3 Å². The average molecular weight is 350 g/mol. The molecule has 4 atom stereocenters. The molecule has 0 saturated carbocycles. The Kier molecular flexibility index (Phi) is 4.64. The number of hydrogen-bond donors (Lipinski definition) is 1. The second kappa shape index (κ2) is 7.08.